The maximum absolute atomic E-state index is 12.5. The van der Waals surface area contributed by atoms with Crippen LogP contribution in [-0.2, 0) is 9.53 Å². The number of hydrogen-bond donors (Lipinski definition) is 1. The predicted molar refractivity (Wildman–Crippen MR) is 116 cm³/mol. The number of carbonyl (C=O) groups excluding carboxylic acids is 2. The van der Waals surface area contributed by atoms with E-state index in [1.54, 1.807) is 0 Å². The second-order valence-corrected chi connectivity index (χ2v) is 7.52. The summed E-state index contributed by atoms with van der Waals surface area (Å²) in [5.74, 6) is -1.70. The molecule has 168 valence electrons. The molecular formula is C20H19ClN4O7. The van der Waals surface area contributed by atoms with Gasteiger partial charge in [-0.15, -0.1) is 0 Å². The van der Waals surface area contributed by atoms with E-state index in [4.69, 9.17) is 16.3 Å². The van der Waals surface area contributed by atoms with E-state index in [-0.39, 0.29) is 27.6 Å². The first-order valence-electron chi connectivity index (χ1n) is 9.66. The van der Waals surface area contributed by atoms with Gasteiger partial charge in [-0.1, -0.05) is 11.6 Å². The molecule has 1 aliphatic heterocycles. The van der Waals surface area contributed by atoms with Gasteiger partial charge in [-0.25, -0.2) is 4.79 Å². The molecule has 11 nitrogen and oxygen atoms in total. The molecule has 3 rings (SSSR count). The highest BCUT2D eigenvalue weighted by Gasteiger charge is 2.26. The second kappa shape index (κ2) is 9.60. The van der Waals surface area contributed by atoms with Crippen LogP contribution in [0.5, 0.6) is 0 Å². The largest absolute Gasteiger partial charge is 0.449 e. The van der Waals surface area contributed by atoms with E-state index in [1.807, 2.05) is 4.90 Å². The van der Waals surface area contributed by atoms with Crippen LogP contribution in [0.2, 0.25) is 5.02 Å². The van der Waals surface area contributed by atoms with E-state index in [2.05, 4.69) is 5.32 Å². The van der Waals surface area contributed by atoms with Crippen molar-refractivity contribution in [3.05, 3.63) is 67.2 Å². The van der Waals surface area contributed by atoms with Crippen molar-refractivity contribution in [2.45, 2.75) is 25.9 Å². The molecule has 1 unspecified atom stereocenters. The third-order valence-corrected chi connectivity index (χ3v) is 5.26. The Hall–Kier alpha value is -3.73. The van der Waals surface area contributed by atoms with Gasteiger partial charge < -0.3 is 15.0 Å². The quantitative estimate of drug-likeness (QED) is 0.370. The van der Waals surface area contributed by atoms with Crippen molar-refractivity contribution >= 4 is 46.2 Å². The highest BCUT2D eigenvalue weighted by Crippen LogP contribution is 2.32. The van der Waals surface area contributed by atoms with Crippen LogP contribution < -0.4 is 10.2 Å². The number of nitrogens with one attached hydrogen (secondary N) is 1. The minimum atomic E-state index is -1.30. The molecule has 1 atom stereocenters. The average Bonchev–Trinajstić information content (AvgIpc) is 3.29. The number of benzene rings is 2. The summed E-state index contributed by atoms with van der Waals surface area (Å²) < 4.78 is 5.12. The molecular weight excluding hydrogens is 444 g/mol. The molecule has 0 spiro atoms. The number of amides is 1. The number of carbonyl (C=O) groups is 2. The molecule has 0 aliphatic carbocycles. The van der Waals surface area contributed by atoms with Crippen molar-refractivity contribution in [1.29, 1.82) is 0 Å². The minimum absolute atomic E-state index is 0.0145. The summed E-state index contributed by atoms with van der Waals surface area (Å²) in [7, 11) is 0. The number of nitro benzene ring substituents is 2. The van der Waals surface area contributed by atoms with Crippen LogP contribution in [0.1, 0.15) is 30.1 Å². The number of anilines is 2. The van der Waals surface area contributed by atoms with Gasteiger partial charge in [-0.3, -0.25) is 25.0 Å². The van der Waals surface area contributed by atoms with Gasteiger partial charge in [0.1, 0.15) is 5.69 Å². The normalized spacial score (nSPS) is 14.0. The average molecular weight is 463 g/mol. The Kier molecular flexibility index (Phi) is 6.89. The van der Waals surface area contributed by atoms with Gasteiger partial charge in [0.2, 0.25) is 0 Å². The maximum Gasteiger partial charge on any atom is 0.339 e. The lowest BCUT2D eigenvalue weighted by Gasteiger charge is -2.18. The lowest BCUT2D eigenvalue weighted by atomic mass is 10.1. The van der Waals surface area contributed by atoms with Crippen molar-refractivity contribution < 1.29 is 24.2 Å². The molecule has 2 aromatic carbocycles. The first-order chi connectivity index (χ1) is 15.2. The van der Waals surface area contributed by atoms with E-state index in [0.29, 0.717) is 18.8 Å². The third kappa shape index (κ3) is 5.11. The van der Waals surface area contributed by atoms with E-state index < -0.39 is 27.8 Å². The van der Waals surface area contributed by atoms with Gasteiger partial charge in [-0.2, -0.15) is 0 Å². The van der Waals surface area contributed by atoms with Crippen molar-refractivity contribution in [3.8, 4) is 0 Å². The van der Waals surface area contributed by atoms with Crippen LogP contribution in [0.3, 0.4) is 0 Å². The Balaban J connectivity index is 1.72. The molecule has 12 heteroatoms. The van der Waals surface area contributed by atoms with E-state index in [9.17, 15) is 29.8 Å². The zero-order chi connectivity index (χ0) is 23.4. The molecule has 1 fully saturated rings. The van der Waals surface area contributed by atoms with Gasteiger partial charge in [0.25, 0.3) is 17.3 Å². The van der Waals surface area contributed by atoms with Crippen molar-refractivity contribution in [3.63, 3.8) is 0 Å². The van der Waals surface area contributed by atoms with Crippen LogP contribution in [0, 0.1) is 20.2 Å². The van der Waals surface area contributed by atoms with E-state index in [1.165, 1.54) is 31.2 Å². The summed E-state index contributed by atoms with van der Waals surface area (Å²) in [6, 6.07) is 7.54. The van der Waals surface area contributed by atoms with Crippen LogP contribution in [0.4, 0.5) is 22.7 Å². The molecule has 1 N–H and O–H groups in total. The van der Waals surface area contributed by atoms with Gasteiger partial charge in [0.15, 0.2) is 6.10 Å². The number of hydrogen-bond acceptors (Lipinski definition) is 8. The fraction of sp³-hybridized carbons (Fsp3) is 0.300. The summed E-state index contributed by atoms with van der Waals surface area (Å²) >= 11 is 5.95. The standard InChI is InChI=1S/C20H19ClN4O7/c1-12(19(26)22-16-11-14(24(28)29)5-6-15(16)21)32-20(27)13-4-7-17(18(10-13)25(30)31)23-8-2-3-9-23/h4-7,10-12H,2-3,8-9H2,1H3,(H,22,26). The maximum atomic E-state index is 12.5. The molecule has 1 heterocycles. The zero-order valence-corrected chi connectivity index (χ0v) is 17.7. The van der Waals surface area contributed by atoms with Crippen LogP contribution in [0.25, 0.3) is 0 Å². The van der Waals surface area contributed by atoms with Gasteiger partial charge in [-0.05, 0) is 38.0 Å². The molecule has 0 radical (unpaired) electrons. The fourth-order valence-electron chi connectivity index (χ4n) is 3.26. The summed E-state index contributed by atoms with van der Waals surface area (Å²) in [5, 5.41) is 24.8. The SMILES string of the molecule is CC(OC(=O)c1ccc(N2CCCC2)c([N+](=O)[O-])c1)C(=O)Nc1cc([N+](=O)[O-])ccc1Cl. The molecule has 1 saturated heterocycles. The monoisotopic (exact) mass is 462 g/mol. The summed E-state index contributed by atoms with van der Waals surface area (Å²) in [4.78, 5) is 47.9. The lowest BCUT2D eigenvalue weighted by Crippen LogP contribution is -2.30. The Morgan fingerprint density at radius 1 is 1.09 bits per heavy atom. The van der Waals surface area contributed by atoms with Gasteiger partial charge in [0.05, 0.1) is 26.1 Å². The fourth-order valence-corrected chi connectivity index (χ4v) is 3.43. The van der Waals surface area contributed by atoms with E-state index in [0.717, 1.165) is 25.0 Å². The molecule has 0 saturated carbocycles. The number of non-ortho nitro benzene ring substituents is 1. The number of halogens is 1. The predicted octanol–water partition coefficient (Wildman–Crippen LogP) is 3.94. The Labute approximate surface area is 187 Å². The highest BCUT2D eigenvalue weighted by molar-refractivity contribution is 6.33. The third-order valence-electron chi connectivity index (χ3n) is 4.93. The first-order valence-corrected chi connectivity index (χ1v) is 10.0. The van der Waals surface area contributed by atoms with Crippen LogP contribution in [-0.4, -0.2) is 40.9 Å². The Morgan fingerprint density at radius 2 is 1.78 bits per heavy atom. The summed E-state index contributed by atoms with van der Waals surface area (Å²) in [6.07, 6.45) is 0.569. The van der Waals surface area contributed by atoms with Crippen LogP contribution in [0.15, 0.2) is 36.4 Å². The van der Waals surface area contributed by atoms with Gasteiger partial charge >= 0.3 is 5.97 Å². The molecule has 32 heavy (non-hydrogen) atoms. The number of ether oxygens (including phenoxy) is 1. The van der Waals surface area contributed by atoms with Crippen molar-refractivity contribution in [2.24, 2.45) is 0 Å². The molecule has 2 aromatic rings. The smallest absolute Gasteiger partial charge is 0.339 e. The second-order valence-electron chi connectivity index (χ2n) is 7.11. The van der Waals surface area contributed by atoms with Crippen molar-refractivity contribution in [2.75, 3.05) is 23.3 Å². The Bertz CT molecular complexity index is 1090. The van der Waals surface area contributed by atoms with E-state index >= 15 is 0 Å². The minimum Gasteiger partial charge on any atom is -0.449 e. The number of rotatable bonds is 7. The first kappa shape index (κ1) is 22.9. The topological polar surface area (TPSA) is 145 Å². The molecule has 1 aliphatic rings. The van der Waals surface area contributed by atoms with Crippen LogP contribution >= 0.6 is 11.6 Å². The van der Waals surface area contributed by atoms with Gasteiger partial charge in [0, 0.05) is 31.3 Å². The number of esters is 1. The zero-order valence-electron chi connectivity index (χ0n) is 16.9. The summed E-state index contributed by atoms with van der Waals surface area (Å²) in [5.41, 5.74) is -0.163. The van der Waals surface area contributed by atoms with Crippen molar-refractivity contribution in [1.82, 2.24) is 0 Å². The number of nitrogens with zero attached hydrogens (tertiary/aromatic N) is 3. The number of nitro groups is 2. The summed E-state index contributed by atoms with van der Waals surface area (Å²) in [6.45, 7) is 2.69. The lowest BCUT2D eigenvalue weighted by molar-refractivity contribution is -0.384. The molecule has 0 aromatic heterocycles. The molecule has 0 bridgehead atoms. The Morgan fingerprint density at radius 3 is 2.41 bits per heavy atom. The molecule has 1 amide bonds. The highest BCUT2D eigenvalue weighted by atomic mass is 35.5.